The highest BCUT2D eigenvalue weighted by atomic mass is 35.5. The topological polar surface area (TPSA) is 15.3 Å². The fraction of sp³-hybridized carbons (Fsp3) is 0.571. The lowest BCUT2D eigenvalue weighted by atomic mass is 10.00. The van der Waals surface area contributed by atoms with Crippen molar-refractivity contribution in [2.45, 2.75) is 51.7 Å². The van der Waals surface area contributed by atoms with E-state index in [-0.39, 0.29) is 5.82 Å². The van der Waals surface area contributed by atoms with E-state index in [1.54, 1.807) is 12.1 Å². The van der Waals surface area contributed by atoms with Crippen LogP contribution in [0.1, 0.15) is 38.7 Å². The van der Waals surface area contributed by atoms with Gasteiger partial charge in [0.15, 0.2) is 0 Å². The number of halogens is 2. The Morgan fingerprint density at radius 1 is 1.33 bits per heavy atom. The zero-order chi connectivity index (χ0) is 13.1. The van der Waals surface area contributed by atoms with Crippen molar-refractivity contribution < 1.29 is 4.39 Å². The van der Waals surface area contributed by atoms with Crippen molar-refractivity contribution >= 4 is 11.6 Å². The molecule has 1 aromatic carbocycles. The summed E-state index contributed by atoms with van der Waals surface area (Å²) in [5.74, 6) is -0.243. The van der Waals surface area contributed by atoms with E-state index < -0.39 is 0 Å². The maximum atomic E-state index is 13.7. The van der Waals surface area contributed by atoms with Crippen LogP contribution in [-0.4, -0.2) is 17.1 Å². The van der Waals surface area contributed by atoms with Crippen LogP contribution in [0, 0.1) is 5.82 Å². The lowest BCUT2D eigenvalue weighted by Gasteiger charge is -2.39. The highest BCUT2D eigenvalue weighted by Crippen LogP contribution is 2.22. The minimum Gasteiger partial charge on any atom is -0.250 e. The van der Waals surface area contributed by atoms with Gasteiger partial charge in [-0.25, -0.2) is 9.40 Å². The summed E-state index contributed by atoms with van der Waals surface area (Å²) in [5.41, 5.74) is 3.87. The minimum atomic E-state index is -0.243. The number of hydrogen-bond acceptors (Lipinski definition) is 2. The molecule has 1 N–H and O–H groups in total. The second-order valence-electron chi connectivity index (χ2n) is 5.07. The van der Waals surface area contributed by atoms with Crippen molar-refractivity contribution in [1.82, 2.24) is 10.4 Å². The van der Waals surface area contributed by atoms with E-state index in [1.807, 2.05) is 0 Å². The summed E-state index contributed by atoms with van der Waals surface area (Å²) in [6.45, 7) is 4.84. The van der Waals surface area contributed by atoms with E-state index >= 15 is 0 Å². The Labute approximate surface area is 113 Å². The summed E-state index contributed by atoms with van der Waals surface area (Å²) in [5, 5.41) is 2.71. The van der Waals surface area contributed by atoms with Gasteiger partial charge in [-0.3, -0.25) is 5.43 Å². The molecular weight excluding hydrogens is 251 g/mol. The molecule has 2 unspecified atom stereocenters. The lowest BCUT2D eigenvalue weighted by Crippen LogP contribution is -2.51. The molecule has 2 rings (SSSR count). The van der Waals surface area contributed by atoms with Crippen LogP contribution in [0.3, 0.4) is 0 Å². The van der Waals surface area contributed by atoms with Gasteiger partial charge in [0, 0.05) is 29.2 Å². The number of rotatable bonds is 3. The quantitative estimate of drug-likeness (QED) is 0.900. The Morgan fingerprint density at radius 3 is 2.61 bits per heavy atom. The molecular formula is C14H20ClFN2. The monoisotopic (exact) mass is 270 g/mol. The molecule has 2 nitrogen and oxygen atoms in total. The van der Waals surface area contributed by atoms with Crippen LogP contribution in [-0.2, 0) is 6.54 Å². The van der Waals surface area contributed by atoms with E-state index in [0.29, 0.717) is 29.2 Å². The van der Waals surface area contributed by atoms with Crippen molar-refractivity contribution in [1.29, 1.82) is 0 Å². The van der Waals surface area contributed by atoms with Crippen molar-refractivity contribution in [3.05, 3.63) is 34.6 Å². The Bertz CT molecular complexity index is 381. The standard InChI is InChI=1S/C14H20ClFN2/c1-10-5-3-6-11(2)18(10)17-9-12-13(15)7-4-8-14(12)16/h4,7-8,10-11,17H,3,5-6,9H2,1-2H3. The maximum absolute atomic E-state index is 13.7. The van der Waals surface area contributed by atoms with Gasteiger partial charge in [0.25, 0.3) is 0 Å². The zero-order valence-corrected chi connectivity index (χ0v) is 11.7. The number of hydrogen-bond donors (Lipinski definition) is 1. The molecule has 1 aliphatic heterocycles. The SMILES string of the molecule is CC1CCCC(C)N1NCc1c(F)cccc1Cl. The van der Waals surface area contributed by atoms with Crippen molar-refractivity contribution in [2.24, 2.45) is 0 Å². The van der Waals surface area contributed by atoms with Gasteiger partial charge >= 0.3 is 0 Å². The Balaban J connectivity index is 2.02. The molecule has 4 heteroatoms. The summed E-state index contributed by atoms with van der Waals surface area (Å²) in [6.07, 6.45) is 3.63. The maximum Gasteiger partial charge on any atom is 0.129 e. The highest BCUT2D eigenvalue weighted by Gasteiger charge is 2.24. The molecule has 0 spiro atoms. The highest BCUT2D eigenvalue weighted by molar-refractivity contribution is 6.31. The number of benzene rings is 1. The number of hydrazine groups is 1. The van der Waals surface area contributed by atoms with Gasteiger partial charge < -0.3 is 0 Å². The largest absolute Gasteiger partial charge is 0.250 e. The average molecular weight is 271 g/mol. The lowest BCUT2D eigenvalue weighted by molar-refractivity contribution is 0.0432. The average Bonchev–Trinajstić information content (AvgIpc) is 2.31. The smallest absolute Gasteiger partial charge is 0.129 e. The molecule has 0 aliphatic carbocycles. The molecule has 0 radical (unpaired) electrons. The van der Waals surface area contributed by atoms with Gasteiger partial charge in [-0.15, -0.1) is 0 Å². The Morgan fingerprint density at radius 2 is 2.00 bits per heavy atom. The van der Waals surface area contributed by atoms with Crippen molar-refractivity contribution in [3.63, 3.8) is 0 Å². The van der Waals surface area contributed by atoms with Gasteiger partial charge in [0.2, 0.25) is 0 Å². The van der Waals surface area contributed by atoms with Gasteiger partial charge in [-0.05, 0) is 38.8 Å². The van der Waals surface area contributed by atoms with Crippen LogP contribution < -0.4 is 5.43 Å². The van der Waals surface area contributed by atoms with E-state index in [2.05, 4.69) is 24.3 Å². The van der Waals surface area contributed by atoms with Crippen LogP contribution in [0.5, 0.6) is 0 Å². The van der Waals surface area contributed by atoms with Crippen LogP contribution in [0.25, 0.3) is 0 Å². The van der Waals surface area contributed by atoms with E-state index in [4.69, 9.17) is 11.6 Å². The third-order valence-electron chi connectivity index (χ3n) is 3.69. The van der Waals surface area contributed by atoms with Crippen molar-refractivity contribution in [3.8, 4) is 0 Å². The normalized spacial score (nSPS) is 25.3. The molecule has 0 saturated carbocycles. The molecule has 1 saturated heterocycles. The molecule has 1 aromatic rings. The molecule has 0 bridgehead atoms. The third kappa shape index (κ3) is 3.02. The molecule has 1 fully saturated rings. The molecule has 1 aliphatic rings. The number of piperidine rings is 1. The minimum absolute atomic E-state index is 0.243. The van der Waals surface area contributed by atoms with E-state index in [0.717, 1.165) is 0 Å². The number of nitrogens with one attached hydrogen (secondary N) is 1. The first kappa shape index (κ1) is 13.8. The number of nitrogens with zero attached hydrogens (tertiary/aromatic N) is 1. The molecule has 2 atom stereocenters. The van der Waals surface area contributed by atoms with Crippen LogP contribution in [0.2, 0.25) is 5.02 Å². The molecule has 0 amide bonds. The molecule has 0 aromatic heterocycles. The fourth-order valence-electron chi connectivity index (χ4n) is 2.60. The Hall–Kier alpha value is -0.640. The second kappa shape index (κ2) is 6.00. The van der Waals surface area contributed by atoms with Gasteiger partial charge in [0.05, 0.1) is 0 Å². The first-order chi connectivity index (χ1) is 8.59. The third-order valence-corrected chi connectivity index (χ3v) is 4.05. The van der Waals surface area contributed by atoms with Crippen LogP contribution in [0.15, 0.2) is 18.2 Å². The fourth-order valence-corrected chi connectivity index (χ4v) is 2.83. The van der Waals surface area contributed by atoms with Crippen molar-refractivity contribution in [2.75, 3.05) is 0 Å². The molecule has 1 heterocycles. The zero-order valence-electron chi connectivity index (χ0n) is 10.9. The summed E-state index contributed by atoms with van der Waals surface area (Å²) < 4.78 is 13.7. The molecule has 100 valence electrons. The first-order valence-electron chi connectivity index (χ1n) is 6.54. The van der Waals surface area contributed by atoms with Gasteiger partial charge in [-0.2, -0.15) is 0 Å². The predicted molar refractivity (Wildman–Crippen MR) is 72.9 cm³/mol. The van der Waals surface area contributed by atoms with Crippen LogP contribution in [0.4, 0.5) is 4.39 Å². The summed E-state index contributed by atoms with van der Waals surface area (Å²) in [7, 11) is 0. The van der Waals surface area contributed by atoms with Crippen LogP contribution >= 0.6 is 11.6 Å². The summed E-state index contributed by atoms with van der Waals surface area (Å²) in [6, 6.07) is 5.78. The first-order valence-corrected chi connectivity index (χ1v) is 6.92. The van der Waals surface area contributed by atoms with E-state index in [9.17, 15) is 4.39 Å². The summed E-state index contributed by atoms with van der Waals surface area (Å²) >= 11 is 6.02. The Kier molecular flexibility index (Phi) is 4.60. The van der Waals surface area contributed by atoms with E-state index in [1.165, 1.54) is 25.3 Å². The summed E-state index contributed by atoms with van der Waals surface area (Å²) in [4.78, 5) is 0. The molecule has 18 heavy (non-hydrogen) atoms. The second-order valence-corrected chi connectivity index (χ2v) is 5.48. The van der Waals surface area contributed by atoms with Gasteiger partial charge in [-0.1, -0.05) is 24.1 Å². The predicted octanol–water partition coefficient (Wildman–Crippen LogP) is 3.75. The van der Waals surface area contributed by atoms with Gasteiger partial charge in [0.1, 0.15) is 5.82 Å².